The van der Waals surface area contributed by atoms with Crippen LogP contribution < -0.4 is 0 Å². The van der Waals surface area contributed by atoms with Crippen molar-refractivity contribution in [1.29, 1.82) is 0 Å². The monoisotopic (exact) mass is 207 g/mol. The molecule has 2 aliphatic heterocycles. The summed E-state index contributed by atoms with van der Waals surface area (Å²) in [5.74, 6) is -3.35. The minimum Gasteiger partial charge on any atom is -0.390 e. The Morgan fingerprint density at radius 1 is 1.57 bits per heavy atom. The lowest BCUT2D eigenvalue weighted by Gasteiger charge is -2.35. The normalized spacial score (nSPS) is 52.1. The topological polar surface area (TPSA) is 29.5 Å². The molecule has 0 aromatic rings. The van der Waals surface area contributed by atoms with Gasteiger partial charge in [0.1, 0.15) is 6.10 Å². The van der Waals surface area contributed by atoms with E-state index in [2.05, 4.69) is 0 Å². The third kappa shape index (κ3) is 1.44. The average molecular weight is 207 g/mol. The van der Waals surface area contributed by atoms with Crippen LogP contribution in [-0.4, -0.2) is 29.3 Å². The molecule has 0 aliphatic carbocycles. The van der Waals surface area contributed by atoms with E-state index in [4.69, 9.17) is 6.11 Å². The fourth-order valence-electron chi connectivity index (χ4n) is 2.29. The van der Waals surface area contributed by atoms with Gasteiger partial charge in [0.05, 0.1) is 12.2 Å². The zero-order chi connectivity index (χ0) is 11.4. The molecule has 2 fully saturated rings. The van der Waals surface area contributed by atoms with Crippen molar-refractivity contribution >= 4 is 0 Å². The highest BCUT2D eigenvalue weighted by molar-refractivity contribution is 5.00. The Labute approximate surface area is 83.7 Å². The first kappa shape index (κ1) is 9.04. The number of hydrogen-bond donors (Lipinski definition) is 1. The van der Waals surface area contributed by atoms with E-state index >= 15 is 0 Å². The van der Waals surface area contributed by atoms with Crippen molar-refractivity contribution in [3.63, 3.8) is 0 Å². The van der Waals surface area contributed by atoms with E-state index in [9.17, 15) is 13.9 Å². The van der Waals surface area contributed by atoms with Gasteiger partial charge in [-0.15, -0.1) is 0 Å². The summed E-state index contributed by atoms with van der Waals surface area (Å²) >= 11 is 0. The van der Waals surface area contributed by atoms with E-state index < -0.39 is 43.0 Å². The van der Waals surface area contributed by atoms with Crippen LogP contribution in [-0.2, 0) is 4.74 Å². The number of hydrogen-bond acceptors (Lipinski definition) is 2. The minimum absolute atomic E-state index is 0.0188. The van der Waals surface area contributed by atoms with Crippen LogP contribution in [0.5, 0.6) is 0 Å². The first-order chi connectivity index (χ1) is 6.84. The van der Waals surface area contributed by atoms with E-state index in [-0.39, 0.29) is 5.92 Å². The van der Waals surface area contributed by atoms with Crippen LogP contribution in [0.25, 0.3) is 0 Å². The van der Waals surface area contributed by atoms with Gasteiger partial charge < -0.3 is 9.84 Å². The Morgan fingerprint density at radius 3 is 2.79 bits per heavy atom. The molecular weight excluding hydrogens is 190 g/mol. The van der Waals surface area contributed by atoms with E-state index in [1.807, 2.05) is 13.8 Å². The quantitative estimate of drug-likeness (QED) is 0.710. The molecule has 0 aromatic heterocycles. The van der Waals surface area contributed by atoms with Gasteiger partial charge in [-0.25, -0.2) is 8.78 Å². The molecular formula is C10H16F2O2. The number of ether oxygens (including phenoxy) is 1. The van der Waals surface area contributed by atoms with Crippen molar-refractivity contribution in [3.05, 3.63) is 0 Å². The molecule has 2 rings (SSSR count). The summed E-state index contributed by atoms with van der Waals surface area (Å²) in [5, 5.41) is 9.85. The lowest BCUT2D eigenvalue weighted by Crippen LogP contribution is -2.43. The number of fused-ring (bicyclic) bond motifs is 2. The summed E-state index contributed by atoms with van der Waals surface area (Å²) in [5.41, 5.74) is 0. The molecule has 2 saturated heterocycles. The Hall–Kier alpha value is -0.220. The highest BCUT2D eigenvalue weighted by atomic mass is 19.3. The molecule has 2 heterocycles. The minimum atomic E-state index is -2.96. The molecule has 82 valence electrons. The molecule has 0 spiro atoms. The lowest BCUT2D eigenvalue weighted by atomic mass is 9.83. The summed E-state index contributed by atoms with van der Waals surface area (Å²) in [6.45, 7) is 3.69. The smallest absolute Gasteiger partial charge is 0.276 e. The van der Waals surface area contributed by atoms with Crippen LogP contribution in [0.15, 0.2) is 0 Å². The molecule has 14 heavy (non-hydrogen) atoms. The van der Waals surface area contributed by atoms with Crippen molar-refractivity contribution in [2.75, 3.05) is 0 Å². The summed E-state index contributed by atoms with van der Waals surface area (Å²) in [6, 6.07) is 0. The van der Waals surface area contributed by atoms with Gasteiger partial charge in [-0.1, -0.05) is 13.8 Å². The van der Waals surface area contributed by atoms with Crippen LogP contribution in [0.1, 0.15) is 28.0 Å². The van der Waals surface area contributed by atoms with Crippen LogP contribution >= 0.6 is 0 Å². The molecule has 2 aliphatic rings. The number of rotatable bonds is 1. The van der Waals surface area contributed by atoms with E-state index in [1.165, 1.54) is 0 Å². The fourth-order valence-corrected chi connectivity index (χ4v) is 2.29. The summed E-state index contributed by atoms with van der Waals surface area (Å²) in [4.78, 5) is 0. The van der Waals surface area contributed by atoms with Crippen molar-refractivity contribution < 1.29 is 20.0 Å². The second-order valence-corrected chi connectivity index (χ2v) is 4.56. The highest BCUT2D eigenvalue weighted by Crippen LogP contribution is 2.47. The molecule has 0 unspecified atom stereocenters. The molecule has 5 atom stereocenters. The van der Waals surface area contributed by atoms with Crippen LogP contribution in [0.3, 0.4) is 0 Å². The summed E-state index contributed by atoms with van der Waals surface area (Å²) < 4.78 is 39.6. The Morgan fingerprint density at radius 2 is 2.21 bits per heavy atom. The average Bonchev–Trinajstić information content (AvgIpc) is 2.36. The van der Waals surface area contributed by atoms with Crippen LogP contribution in [0.2, 0.25) is 0 Å². The molecule has 4 heteroatoms. The first-order valence-corrected chi connectivity index (χ1v) is 4.98. The third-order valence-electron chi connectivity index (χ3n) is 3.15. The van der Waals surface area contributed by atoms with Crippen LogP contribution in [0, 0.1) is 11.8 Å². The molecule has 0 saturated carbocycles. The Kier molecular flexibility index (Phi) is 2.02. The SMILES string of the molecule is [2H][C@H]1[C@@H](C(C)C)[C@H](O)[C@@H]2CC(F)(F)[C@H]1O2. The Bertz CT molecular complexity index is 260. The lowest BCUT2D eigenvalue weighted by molar-refractivity contribution is -0.146. The van der Waals surface area contributed by atoms with Gasteiger partial charge >= 0.3 is 0 Å². The van der Waals surface area contributed by atoms with Gasteiger partial charge in [-0.3, -0.25) is 0 Å². The Balaban J connectivity index is 2.27. The summed E-state index contributed by atoms with van der Waals surface area (Å²) in [6.07, 6.45) is -4.54. The second kappa shape index (κ2) is 3.14. The van der Waals surface area contributed by atoms with E-state index in [0.29, 0.717) is 0 Å². The first-order valence-electron chi connectivity index (χ1n) is 5.56. The number of alkyl halides is 2. The molecule has 0 amide bonds. The molecule has 0 radical (unpaired) electrons. The molecule has 1 N–H and O–H groups in total. The maximum atomic E-state index is 13.4. The molecule has 0 aromatic carbocycles. The van der Waals surface area contributed by atoms with Crippen LogP contribution in [0.4, 0.5) is 8.78 Å². The maximum Gasteiger partial charge on any atom is 0.276 e. The number of halogens is 2. The van der Waals surface area contributed by atoms with Gasteiger partial charge in [0.25, 0.3) is 5.92 Å². The standard InChI is InChI=1S/C10H16F2O2/c1-5(2)6-3-8-10(11,12)4-7(14-8)9(6)13/h5-9,13H,3-4H2,1-2H3/t6-,7-,8-,9-/m0/s1/i3D/t3-,6-,7-,8-,9-. The number of aliphatic hydroxyl groups is 1. The largest absolute Gasteiger partial charge is 0.390 e. The second-order valence-electron chi connectivity index (χ2n) is 4.56. The van der Waals surface area contributed by atoms with Crippen molar-refractivity contribution in [2.45, 2.75) is 50.9 Å². The highest BCUT2D eigenvalue weighted by Gasteiger charge is 2.57. The van der Waals surface area contributed by atoms with Crippen molar-refractivity contribution in [1.82, 2.24) is 0 Å². The predicted molar refractivity (Wildman–Crippen MR) is 47.2 cm³/mol. The number of aliphatic hydroxyl groups excluding tert-OH is 1. The predicted octanol–water partition coefficient (Wildman–Crippen LogP) is 1.82. The zero-order valence-corrected chi connectivity index (χ0v) is 8.28. The van der Waals surface area contributed by atoms with E-state index in [1.54, 1.807) is 0 Å². The maximum absolute atomic E-state index is 13.4. The fraction of sp³-hybridized carbons (Fsp3) is 1.00. The third-order valence-corrected chi connectivity index (χ3v) is 3.15. The van der Waals surface area contributed by atoms with Gasteiger partial charge in [-0.05, 0) is 18.2 Å². The van der Waals surface area contributed by atoms with Gasteiger partial charge in [-0.2, -0.15) is 0 Å². The molecule has 2 bridgehead atoms. The van der Waals surface area contributed by atoms with Crippen molar-refractivity contribution in [3.8, 4) is 0 Å². The van der Waals surface area contributed by atoms with E-state index in [0.717, 1.165) is 0 Å². The zero-order valence-electron chi connectivity index (χ0n) is 9.28. The van der Waals surface area contributed by atoms with Gasteiger partial charge in [0.2, 0.25) is 0 Å². The van der Waals surface area contributed by atoms with Crippen molar-refractivity contribution in [2.24, 2.45) is 11.8 Å². The molecule has 2 nitrogen and oxygen atoms in total. The van der Waals surface area contributed by atoms with Gasteiger partial charge in [0.15, 0.2) is 0 Å². The summed E-state index contributed by atoms with van der Waals surface area (Å²) in [7, 11) is 0. The van der Waals surface area contributed by atoms with Gasteiger partial charge in [0, 0.05) is 7.79 Å².